The summed E-state index contributed by atoms with van der Waals surface area (Å²) in [7, 11) is 0. The highest BCUT2D eigenvalue weighted by atomic mass is 16.5. The summed E-state index contributed by atoms with van der Waals surface area (Å²) < 4.78 is 5.95. The highest BCUT2D eigenvalue weighted by Crippen LogP contribution is 2.29. The third-order valence-electron chi connectivity index (χ3n) is 3.83. The average molecular weight is 233 g/mol. The number of phenolic OH excluding ortho intramolecular Hbond substituents is 1. The third-order valence-corrected chi connectivity index (χ3v) is 3.83. The van der Waals surface area contributed by atoms with Crippen molar-refractivity contribution in [2.45, 2.75) is 50.5 Å². The van der Waals surface area contributed by atoms with E-state index in [0.717, 1.165) is 18.4 Å². The number of aromatic hydroxyl groups is 1. The molecule has 0 aliphatic carbocycles. The Kier molecular flexibility index (Phi) is 3.04. The zero-order chi connectivity index (χ0) is 11.7. The van der Waals surface area contributed by atoms with Gasteiger partial charge in [-0.15, -0.1) is 0 Å². The Labute approximate surface area is 102 Å². The summed E-state index contributed by atoms with van der Waals surface area (Å²) in [6, 6.07) is 8.66. The molecule has 1 aromatic carbocycles. The molecule has 0 radical (unpaired) electrons. The van der Waals surface area contributed by atoms with Crippen molar-refractivity contribution >= 4 is 0 Å². The highest BCUT2D eigenvalue weighted by Gasteiger charge is 2.33. The standard InChI is InChI=1S/C14H19NO2/c16-13-3-1-2-10(6-13)9-17-14-7-11-4-5-12(8-14)15-11/h1-3,6,11-12,14-16H,4-5,7-9H2. The van der Waals surface area contributed by atoms with Gasteiger partial charge in [0.25, 0.3) is 0 Å². The van der Waals surface area contributed by atoms with Crippen LogP contribution in [0, 0.1) is 0 Å². The summed E-state index contributed by atoms with van der Waals surface area (Å²) in [6.07, 6.45) is 5.26. The van der Waals surface area contributed by atoms with E-state index in [1.807, 2.05) is 12.1 Å². The van der Waals surface area contributed by atoms with Gasteiger partial charge in [-0.3, -0.25) is 0 Å². The molecule has 3 heteroatoms. The van der Waals surface area contributed by atoms with Crippen LogP contribution in [-0.2, 0) is 11.3 Å². The first-order valence-electron chi connectivity index (χ1n) is 6.45. The number of hydrogen-bond acceptors (Lipinski definition) is 3. The van der Waals surface area contributed by atoms with E-state index in [0.29, 0.717) is 30.5 Å². The molecule has 2 atom stereocenters. The molecule has 2 aliphatic heterocycles. The fourth-order valence-corrected chi connectivity index (χ4v) is 3.00. The normalized spacial score (nSPS) is 31.6. The predicted octanol–water partition coefficient (Wildman–Crippen LogP) is 2.19. The minimum atomic E-state index is 0.316. The Balaban J connectivity index is 1.54. The van der Waals surface area contributed by atoms with Crippen LogP contribution in [0.5, 0.6) is 5.75 Å². The van der Waals surface area contributed by atoms with Gasteiger partial charge in [0.1, 0.15) is 5.75 Å². The molecule has 0 saturated carbocycles. The molecule has 2 aliphatic rings. The highest BCUT2D eigenvalue weighted by molar-refractivity contribution is 5.26. The lowest BCUT2D eigenvalue weighted by Crippen LogP contribution is -2.41. The molecule has 3 nitrogen and oxygen atoms in total. The van der Waals surface area contributed by atoms with Crippen molar-refractivity contribution in [2.24, 2.45) is 0 Å². The quantitative estimate of drug-likeness (QED) is 0.841. The van der Waals surface area contributed by atoms with Crippen LogP contribution in [0.1, 0.15) is 31.2 Å². The first-order valence-corrected chi connectivity index (χ1v) is 6.45. The molecule has 2 bridgehead atoms. The van der Waals surface area contributed by atoms with Gasteiger partial charge in [-0.05, 0) is 43.4 Å². The van der Waals surface area contributed by atoms with Gasteiger partial charge in [0.2, 0.25) is 0 Å². The number of rotatable bonds is 3. The second-order valence-electron chi connectivity index (χ2n) is 5.21. The predicted molar refractivity (Wildman–Crippen MR) is 65.9 cm³/mol. The van der Waals surface area contributed by atoms with Crippen molar-refractivity contribution in [1.82, 2.24) is 5.32 Å². The molecule has 2 N–H and O–H groups in total. The number of piperidine rings is 1. The molecule has 0 amide bonds. The summed E-state index contributed by atoms with van der Waals surface area (Å²) in [5.74, 6) is 0.316. The molecule has 2 saturated heterocycles. The van der Waals surface area contributed by atoms with Crippen molar-refractivity contribution in [3.8, 4) is 5.75 Å². The maximum absolute atomic E-state index is 9.38. The maximum Gasteiger partial charge on any atom is 0.115 e. The van der Waals surface area contributed by atoms with E-state index in [9.17, 15) is 5.11 Å². The van der Waals surface area contributed by atoms with Crippen molar-refractivity contribution in [3.63, 3.8) is 0 Å². The van der Waals surface area contributed by atoms with Crippen LogP contribution in [0.15, 0.2) is 24.3 Å². The maximum atomic E-state index is 9.38. The number of benzene rings is 1. The van der Waals surface area contributed by atoms with Crippen LogP contribution in [0.25, 0.3) is 0 Å². The lowest BCUT2D eigenvalue weighted by molar-refractivity contribution is 0.00911. The summed E-state index contributed by atoms with van der Waals surface area (Å²) in [5.41, 5.74) is 1.05. The van der Waals surface area contributed by atoms with Crippen LogP contribution >= 0.6 is 0 Å². The number of fused-ring (bicyclic) bond motifs is 2. The Morgan fingerprint density at radius 3 is 2.71 bits per heavy atom. The molecule has 3 rings (SSSR count). The van der Waals surface area contributed by atoms with Gasteiger partial charge >= 0.3 is 0 Å². The monoisotopic (exact) mass is 233 g/mol. The second-order valence-corrected chi connectivity index (χ2v) is 5.21. The van der Waals surface area contributed by atoms with Crippen LogP contribution in [0.3, 0.4) is 0 Å². The number of nitrogens with one attached hydrogen (secondary N) is 1. The van der Waals surface area contributed by atoms with Crippen molar-refractivity contribution in [2.75, 3.05) is 0 Å². The first-order chi connectivity index (χ1) is 8.29. The zero-order valence-electron chi connectivity index (χ0n) is 9.93. The molecule has 2 fully saturated rings. The van der Waals surface area contributed by atoms with Gasteiger partial charge < -0.3 is 15.2 Å². The number of hydrogen-bond donors (Lipinski definition) is 2. The van der Waals surface area contributed by atoms with Gasteiger partial charge in [0.15, 0.2) is 0 Å². The molecule has 0 aromatic heterocycles. The minimum Gasteiger partial charge on any atom is -0.508 e. The molecule has 92 valence electrons. The molecular weight excluding hydrogens is 214 g/mol. The Morgan fingerprint density at radius 2 is 2.00 bits per heavy atom. The Hall–Kier alpha value is -1.06. The van der Waals surface area contributed by atoms with E-state index in [1.165, 1.54) is 12.8 Å². The van der Waals surface area contributed by atoms with E-state index in [4.69, 9.17) is 4.74 Å². The van der Waals surface area contributed by atoms with Gasteiger partial charge in [-0.1, -0.05) is 12.1 Å². The van der Waals surface area contributed by atoms with E-state index in [1.54, 1.807) is 12.1 Å². The molecule has 17 heavy (non-hydrogen) atoms. The fraction of sp³-hybridized carbons (Fsp3) is 0.571. The largest absolute Gasteiger partial charge is 0.508 e. The van der Waals surface area contributed by atoms with Crippen LogP contribution in [0.2, 0.25) is 0 Å². The minimum absolute atomic E-state index is 0.316. The average Bonchev–Trinajstić information content (AvgIpc) is 2.66. The van der Waals surface area contributed by atoms with E-state index < -0.39 is 0 Å². The smallest absolute Gasteiger partial charge is 0.115 e. The van der Waals surface area contributed by atoms with Crippen LogP contribution in [-0.4, -0.2) is 23.3 Å². The zero-order valence-corrected chi connectivity index (χ0v) is 9.93. The molecular formula is C14H19NO2. The Bertz CT molecular complexity index is 382. The third kappa shape index (κ3) is 2.61. The van der Waals surface area contributed by atoms with E-state index in [2.05, 4.69) is 5.32 Å². The van der Waals surface area contributed by atoms with Gasteiger partial charge in [-0.2, -0.15) is 0 Å². The van der Waals surface area contributed by atoms with E-state index >= 15 is 0 Å². The lowest BCUT2D eigenvalue weighted by Gasteiger charge is -2.29. The van der Waals surface area contributed by atoms with Crippen molar-refractivity contribution in [1.29, 1.82) is 0 Å². The Morgan fingerprint density at radius 1 is 1.24 bits per heavy atom. The van der Waals surface area contributed by atoms with Crippen LogP contribution in [0.4, 0.5) is 0 Å². The molecule has 2 heterocycles. The SMILES string of the molecule is Oc1cccc(COC2CC3CCC(C2)N3)c1. The lowest BCUT2D eigenvalue weighted by atomic mass is 10.0. The molecule has 2 unspecified atom stereocenters. The van der Waals surface area contributed by atoms with Crippen molar-refractivity contribution < 1.29 is 9.84 Å². The molecule has 0 spiro atoms. The van der Waals surface area contributed by atoms with Crippen LogP contribution < -0.4 is 5.32 Å². The molecule has 1 aromatic rings. The second kappa shape index (κ2) is 4.67. The summed E-state index contributed by atoms with van der Waals surface area (Å²) in [6.45, 7) is 0.610. The number of phenols is 1. The topological polar surface area (TPSA) is 41.5 Å². The fourth-order valence-electron chi connectivity index (χ4n) is 3.00. The summed E-state index contributed by atoms with van der Waals surface area (Å²) >= 11 is 0. The van der Waals surface area contributed by atoms with Gasteiger partial charge in [-0.25, -0.2) is 0 Å². The number of ether oxygens (including phenoxy) is 1. The van der Waals surface area contributed by atoms with Gasteiger partial charge in [0.05, 0.1) is 12.7 Å². The van der Waals surface area contributed by atoms with Gasteiger partial charge in [0, 0.05) is 12.1 Å². The van der Waals surface area contributed by atoms with E-state index in [-0.39, 0.29) is 0 Å². The summed E-state index contributed by atoms with van der Waals surface area (Å²) in [5, 5.41) is 13.0. The van der Waals surface area contributed by atoms with Crippen molar-refractivity contribution in [3.05, 3.63) is 29.8 Å². The first kappa shape index (κ1) is 11.1. The summed E-state index contributed by atoms with van der Waals surface area (Å²) in [4.78, 5) is 0.